The molecule has 0 unspecified atom stereocenters. The average molecular weight is 344 g/mol. The number of aromatic amines is 1. The van der Waals surface area contributed by atoms with Crippen LogP contribution in [0.25, 0.3) is 10.9 Å². The summed E-state index contributed by atoms with van der Waals surface area (Å²) in [6.45, 7) is 0.921. The van der Waals surface area contributed by atoms with Gasteiger partial charge >= 0.3 is 6.03 Å². The summed E-state index contributed by atoms with van der Waals surface area (Å²) in [6, 6.07) is 5.20. The van der Waals surface area contributed by atoms with Crippen molar-refractivity contribution in [2.45, 2.75) is 25.8 Å². The smallest absolute Gasteiger partial charge is 0.323 e. The molecule has 24 heavy (non-hydrogen) atoms. The lowest BCUT2D eigenvalue weighted by atomic mass is 9.85. The molecule has 0 atom stereocenters. The first-order valence-electron chi connectivity index (χ1n) is 8.04. The molecule has 0 bridgehead atoms. The van der Waals surface area contributed by atoms with Gasteiger partial charge in [-0.15, -0.1) is 0 Å². The largest absolute Gasteiger partial charge is 0.359 e. The number of nitrogens with one attached hydrogen (secondary N) is 3. The highest BCUT2D eigenvalue weighted by molar-refractivity contribution is 6.31. The summed E-state index contributed by atoms with van der Waals surface area (Å²) in [5, 5.41) is 11.4. The third kappa shape index (κ3) is 3.10. The van der Waals surface area contributed by atoms with Gasteiger partial charge in [-0.2, -0.15) is 5.10 Å². The van der Waals surface area contributed by atoms with Gasteiger partial charge in [0.25, 0.3) is 0 Å². The maximum atomic E-state index is 12.2. The van der Waals surface area contributed by atoms with Crippen LogP contribution in [0, 0.1) is 5.92 Å². The highest BCUT2D eigenvalue weighted by Crippen LogP contribution is 2.28. The van der Waals surface area contributed by atoms with E-state index in [1.54, 1.807) is 18.5 Å². The van der Waals surface area contributed by atoms with Crippen molar-refractivity contribution in [3.05, 3.63) is 41.8 Å². The Balaban J connectivity index is 1.41. The van der Waals surface area contributed by atoms with E-state index in [1.807, 2.05) is 23.0 Å². The number of hydrogen-bond acceptors (Lipinski definition) is 2. The fourth-order valence-corrected chi connectivity index (χ4v) is 3.12. The Kier molecular flexibility index (Phi) is 3.90. The zero-order valence-electron chi connectivity index (χ0n) is 13.1. The Morgan fingerprint density at radius 1 is 1.38 bits per heavy atom. The Labute approximate surface area is 144 Å². The first-order chi connectivity index (χ1) is 11.7. The van der Waals surface area contributed by atoms with Crippen LogP contribution in [0.1, 0.15) is 19.3 Å². The quantitative estimate of drug-likeness (QED) is 0.654. The third-order valence-corrected chi connectivity index (χ3v) is 4.69. The van der Waals surface area contributed by atoms with Gasteiger partial charge in [-0.1, -0.05) is 18.0 Å². The van der Waals surface area contributed by atoms with Crippen molar-refractivity contribution in [1.82, 2.24) is 14.8 Å². The Morgan fingerprint density at radius 2 is 2.25 bits per heavy atom. The van der Waals surface area contributed by atoms with Crippen LogP contribution >= 0.6 is 11.6 Å². The number of H-pyrrole nitrogens is 1. The first-order valence-corrected chi connectivity index (χ1v) is 8.42. The molecule has 0 aliphatic heterocycles. The topological polar surface area (TPSA) is 74.7 Å². The van der Waals surface area contributed by atoms with E-state index < -0.39 is 0 Å². The summed E-state index contributed by atoms with van der Waals surface area (Å²) >= 11 is 6.02. The normalized spacial score (nSPS) is 14.5. The lowest BCUT2D eigenvalue weighted by Gasteiger charge is -2.24. The second-order valence-electron chi connectivity index (χ2n) is 6.22. The second kappa shape index (κ2) is 6.20. The van der Waals surface area contributed by atoms with E-state index in [4.69, 9.17) is 11.6 Å². The standard InChI is InChI=1S/C17H18ClN5O/c18-12-4-5-15-14(6-12)16(8-19-15)22-17(24)21-13-7-20-23(10-13)9-11-2-1-3-11/h4-8,10-11,19H,1-3,9H2,(H2,21,22,24). The van der Waals surface area contributed by atoms with Gasteiger partial charge in [0.15, 0.2) is 0 Å². The number of fused-ring (bicyclic) bond motifs is 1. The predicted octanol–water partition coefficient (Wildman–Crippen LogP) is 4.46. The van der Waals surface area contributed by atoms with Gasteiger partial charge in [-0.3, -0.25) is 4.68 Å². The monoisotopic (exact) mass is 343 g/mol. The Morgan fingerprint density at radius 3 is 3.04 bits per heavy atom. The number of amides is 2. The predicted molar refractivity (Wildman–Crippen MR) is 95.5 cm³/mol. The SMILES string of the molecule is O=C(Nc1cnn(CC2CCC2)c1)Nc1c[nH]c2ccc(Cl)cc12. The van der Waals surface area contributed by atoms with Crippen molar-refractivity contribution >= 4 is 39.9 Å². The van der Waals surface area contributed by atoms with Gasteiger partial charge < -0.3 is 15.6 Å². The highest BCUT2D eigenvalue weighted by atomic mass is 35.5. The number of aromatic nitrogens is 3. The summed E-state index contributed by atoms with van der Waals surface area (Å²) in [4.78, 5) is 15.3. The van der Waals surface area contributed by atoms with Gasteiger partial charge in [0.2, 0.25) is 0 Å². The van der Waals surface area contributed by atoms with Crippen LogP contribution in [0.15, 0.2) is 36.8 Å². The molecule has 1 aliphatic carbocycles. The van der Waals surface area contributed by atoms with Crippen molar-refractivity contribution in [3.8, 4) is 0 Å². The van der Waals surface area contributed by atoms with E-state index >= 15 is 0 Å². The zero-order valence-corrected chi connectivity index (χ0v) is 13.8. The number of rotatable bonds is 4. The molecule has 3 aromatic rings. The molecule has 1 saturated carbocycles. The van der Waals surface area contributed by atoms with Crippen molar-refractivity contribution in [3.63, 3.8) is 0 Å². The lowest BCUT2D eigenvalue weighted by molar-refractivity contribution is 0.262. The summed E-state index contributed by atoms with van der Waals surface area (Å²) in [5.41, 5.74) is 2.29. The molecule has 6 nitrogen and oxygen atoms in total. The molecule has 2 heterocycles. The van der Waals surface area contributed by atoms with Crippen molar-refractivity contribution in [2.75, 3.05) is 10.6 Å². The van der Waals surface area contributed by atoms with Crippen molar-refractivity contribution < 1.29 is 4.79 Å². The van der Waals surface area contributed by atoms with Gasteiger partial charge in [0.1, 0.15) is 0 Å². The highest BCUT2D eigenvalue weighted by Gasteiger charge is 2.18. The summed E-state index contributed by atoms with van der Waals surface area (Å²) in [6.07, 6.45) is 9.14. The van der Waals surface area contributed by atoms with Gasteiger partial charge in [-0.05, 0) is 37.0 Å². The van der Waals surface area contributed by atoms with Crippen LogP contribution in [-0.2, 0) is 6.54 Å². The molecular weight excluding hydrogens is 326 g/mol. The summed E-state index contributed by atoms with van der Waals surface area (Å²) in [7, 11) is 0. The zero-order chi connectivity index (χ0) is 16.5. The minimum absolute atomic E-state index is 0.306. The van der Waals surface area contributed by atoms with Gasteiger partial charge in [0, 0.05) is 34.9 Å². The molecular formula is C17H18ClN5O. The van der Waals surface area contributed by atoms with Crippen LogP contribution in [0.3, 0.4) is 0 Å². The Bertz CT molecular complexity index is 880. The molecule has 7 heteroatoms. The number of halogens is 1. The molecule has 2 aromatic heterocycles. The fourth-order valence-electron chi connectivity index (χ4n) is 2.95. The number of benzene rings is 1. The third-order valence-electron chi connectivity index (χ3n) is 4.45. The Hall–Kier alpha value is -2.47. The van der Waals surface area contributed by atoms with Crippen LogP contribution in [0.5, 0.6) is 0 Å². The van der Waals surface area contributed by atoms with Gasteiger partial charge in [0.05, 0.1) is 17.6 Å². The number of carbonyl (C=O) groups excluding carboxylic acids is 1. The van der Waals surface area contributed by atoms with Crippen molar-refractivity contribution in [2.24, 2.45) is 5.92 Å². The number of nitrogens with zero attached hydrogens (tertiary/aromatic N) is 2. The van der Waals surface area contributed by atoms with E-state index in [0.29, 0.717) is 16.4 Å². The molecule has 0 radical (unpaired) electrons. The molecule has 0 spiro atoms. The average Bonchev–Trinajstić information content (AvgIpc) is 3.10. The van der Waals surface area contributed by atoms with Gasteiger partial charge in [-0.25, -0.2) is 4.79 Å². The van der Waals surface area contributed by atoms with E-state index in [-0.39, 0.29) is 6.03 Å². The molecule has 1 fully saturated rings. The first kappa shape index (κ1) is 15.1. The van der Waals surface area contributed by atoms with Crippen LogP contribution in [0.4, 0.5) is 16.2 Å². The van der Waals surface area contributed by atoms with Crippen LogP contribution < -0.4 is 10.6 Å². The minimum atomic E-state index is -0.306. The second-order valence-corrected chi connectivity index (χ2v) is 6.66. The molecule has 4 rings (SSSR count). The maximum Gasteiger partial charge on any atom is 0.323 e. The van der Waals surface area contributed by atoms with E-state index in [0.717, 1.165) is 23.4 Å². The summed E-state index contributed by atoms with van der Waals surface area (Å²) in [5.74, 6) is 0.725. The summed E-state index contributed by atoms with van der Waals surface area (Å²) < 4.78 is 1.89. The molecule has 0 saturated heterocycles. The molecule has 1 aliphatic rings. The number of carbonyl (C=O) groups is 1. The maximum absolute atomic E-state index is 12.2. The minimum Gasteiger partial charge on any atom is -0.359 e. The number of urea groups is 1. The molecule has 1 aromatic carbocycles. The van der Waals surface area contributed by atoms with Crippen molar-refractivity contribution in [1.29, 1.82) is 0 Å². The molecule has 124 valence electrons. The molecule has 2 amide bonds. The fraction of sp³-hybridized carbons (Fsp3) is 0.294. The van der Waals surface area contributed by atoms with E-state index in [1.165, 1.54) is 19.3 Å². The number of anilines is 2. The van der Waals surface area contributed by atoms with E-state index in [9.17, 15) is 4.79 Å². The lowest BCUT2D eigenvalue weighted by Crippen LogP contribution is -2.19. The van der Waals surface area contributed by atoms with Crippen LogP contribution in [0.2, 0.25) is 5.02 Å². The number of hydrogen-bond donors (Lipinski definition) is 3. The van der Waals surface area contributed by atoms with E-state index in [2.05, 4.69) is 20.7 Å². The molecule has 3 N–H and O–H groups in total. The van der Waals surface area contributed by atoms with Crippen LogP contribution in [-0.4, -0.2) is 20.8 Å².